The average Bonchev–Trinajstić information content (AvgIpc) is 3.24. The molecular weight excluding hydrogens is 811 g/mol. The summed E-state index contributed by atoms with van der Waals surface area (Å²) >= 11 is 0. The minimum Gasteiger partial charge on any atom is -0.394 e. The summed E-state index contributed by atoms with van der Waals surface area (Å²) in [6.45, 7) is 3.48. The van der Waals surface area contributed by atoms with Gasteiger partial charge in [-0.1, -0.05) is 232 Å². The Labute approximate surface area is 379 Å². The lowest BCUT2D eigenvalue weighted by Gasteiger charge is -2.41. The Hall–Kier alpha value is -0.900. The molecule has 0 aliphatic carbocycles. The lowest BCUT2D eigenvalue weighted by molar-refractivity contribution is -0.298. The van der Waals surface area contributed by atoms with E-state index < -0.39 is 59.9 Å². The highest BCUT2D eigenvalue weighted by molar-refractivity contribution is 7.80. The van der Waals surface area contributed by atoms with Crippen molar-refractivity contribution in [2.24, 2.45) is 0 Å². The van der Waals surface area contributed by atoms with Crippen LogP contribution < -0.4 is 5.32 Å². The van der Waals surface area contributed by atoms with E-state index in [0.717, 1.165) is 51.4 Å². The Balaban J connectivity index is 2.40. The molecule has 1 heterocycles. The average molecular weight is 908 g/mol. The molecule has 1 amide bonds. The van der Waals surface area contributed by atoms with Crippen molar-refractivity contribution in [1.29, 1.82) is 0 Å². The standard InChI is InChI=1S/C49H97NO11S/c1-3-5-7-9-11-13-15-17-19-20-21-22-23-24-25-26-28-30-32-34-36-38-43(52)42(41-59-49-47(55)48(61-62(56,57)58)46(54)44(40-51)60-49)50-45(53)39-37-35-33-31-29-27-18-16-14-12-10-8-6-4-2/h42-44,46-49,51-52,54-55H,3-41H2,1-2H3,(H,50,53)(H,56,57,58). The van der Waals surface area contributed by atoms with Crippen molar-refractivity contribution < 1.29 is 51.8 Å². The zero-order valence-corrected chi connectivity index (χ0v) is 40.5. The molecule has 1 rings (SSSR count). The molecule has 0 aromatic heterocycles. The molecule has 7 atom stereocenters. The summed E-state index contributed by atoms with van der Waals surface area (Å²) in [5.74, 6) is -0.225. The second kappa shape index (κ2) is 40.4. The van der Waals surface area contributed by atoms with Gasteiger partial charge in [-0.2, -0.15) is 8.42 Å². The number of aliphatic hydroxyl groups excluding tert-OH is 4. The molecule has 370 valence electrons. The van der Waals surface area contributed by atoms with Gasteiger partial charge < -0.3 is 35.2 Å². The van der Waals surface area contributed by atoms with Gasteiger partial charge in [0.05, 0.1) is 25.4 Å². The van der Waals surface area contributed by atoms with E-state index in [9.17, 15) is 38.2 Å². The number of unbranched alkanes of at least 4 members (excludes halogenated alkanes) is 33. The van der Waals surface area contributed by atoms with E-state index >= 15 is 0 Å². The summed E-state index contributed by atoms with van der Waals surface area (Å²) in [5.41, 5.74) is 0. The number of carbonyl (C=O) groups is 1. The van der Waals surface area contributed by atoms with Crippen LogP contribution in [0, 0.1) is 0 Å². The second-order valence-electron chi connectivity index (χ2n) is 18.5. The molecule has 13 heteroatoms. The summed E-state index contributed by atoms with van der Waals surface area (Å²) in [7, 11) is -5.07. The molecule has 1 saturated heterocycles. The number of hydrogen-bond donors (Lipinski definition) is 6. The van der Waals surface area contributed by atoms with Crippen molar-refractivity contribution in [2.75, 3.05) is 13.2 Å². The predicted molar refractivity (Wildman–Crippen MR) is 250 cm³/mol. The normalized spacial score (nSPS) is 20.4. The van der Waals surface area contributed by atoms with Crippen molar-refractivity contribution in [3.63, 3.8) is 0 Å². The van der Waals surface area contributed by atoms with Gasteiger partial charge in [0.1, 0.15) is 24.4 Å². The van der Waals surface area contributed by atoms with E-state index in [1.54, 1.807) is 0 Å². The Kier molecular flexibility index (Phi) is 38.5. The first-order chi connectivity index (χ1) is 30.0. The summed E-state index contributed by atoms with van der Waals surface area (Å²) < 4.78 is 47.8. The molecule has 0 aromatic carbocycles. The molecule has 1 aliphatic heterocycles. The number of hydrogen-bond acceptors (Lipinski definition) is 10. The van der Waals surface area contributed by atoms with Gasteiger partial charge in [-0.3, -0.25) is 9.35 Å². The first-order valence-corrected chi connectivity index (χ1v) is 27.3. The number of nitrogens with one attached hydrogen (secondary N) is 1. The molecule has 0 aromatic rings. The zero-order valence-electron chi connectivity index (χ0n) is 39.7. The number of rotatable bonds is 45. The Morgan fingerprint density at radius 3 is 1.29 bits per heavy atom. The Bertz CT molecular complexity index is 1120. The number of amides is 1. The van der Waals surface area contributed by atoms with E-state index in [-0.39, 0.29) is 12.5 Å². The topological polar surface area (TPSA) is 192 Å². The van der Waals surface area contributed by atoms with Gasteiger partial charge in [-0.05, 0) is 12.8 Å². The molecule has 0 saturated carbocycles. The highest BCUT2D eigenvalue weighted by Crippen LogP contribution is 2.26. The van der Waals surface area contributed by atoms with Crippen LogP contribution in [0.5, 0.6) is 0 Å². The van der Waals surface area contributed by atoms with Crippen LogP contribution in [-0.2, 0) is 28.9 Å². The zero-order chi connectivity index (χ0) is 45.5. The third-order valence-corrected chi connectivity index (χ3v) is 13.1. The molecule has 1 fully saturated rings. The summed E-state index contributed by atoms with van der Waals surface area (Å²) in [6.07, 6.45) is 35.3. The number of ether oxygens (including phenoxy) is 2. The minimum atomic E-state index is -5.07. The quantitative estimate of drug-likeness (QED) is 0.0252. The van der Waals surface area contributed by atoms with Gasteiger partial charge in [0, 0.05) is 6.42 Å². The lowest BCUT2D eigenvalue weighted by Crippen LogP contribution is -2.61. The van der Waals surface area contributed by atoms with E-state index in [1.165, 1.54) is 173 Å². The summed E-state index contributed by atoms with van der Waals surface area (Å²) in [5, 5.41) is 45.0. The molecule has 12 nitrogen and oxygen atoms in total. The fraction of sp³-hybridized carbons (Fsp3) is 0.980. The number of carbonyl (C=O) groups excluding carboxylic acids is 1. The number of aliphatic hydroxyl groups is 4. The van der Waals surface area contributed by atoms with Crippen molar-refractivity contribution >= 4 is 16.3 Å². The maximum absolute atomic E-state index is 13.1. The minimum absolute atomic E-state index is 0.225. The van der Waals surface area contributed by atoms with E-state index in [4.69, 9.17) is 9.47 Å². The van der Waals surface area contributed by atoms with Crippen LogP contribution in [0.3, 0.4) is 0 Å². The van der Waals surface area contributed by atoms with Gasteiger partial charge in [0.15, 0.2) is 6.29 Å². The first-order valence-electron chi connectivity index (χ1n) is 25.9. The largest absolute Gasteiger partial charge is 0.397 e. The molecule has 1 aliphatic rings. The second-order valence-corrected chi connectivity index (χ2v) is 19.5. The van der Waals surface area contributed by atoms with Gasteiger partial charge in [0.25, 0.3) is 0 Å². The lowest BCUT2D eigenvalue weighted by atomic mass is 9.99. The predicted octanol–water partition coefficient (Wildman–Crippen LogP) is 10.9. The molecule has 62 heavy (non-hydrogen) atoms. The fourth-order valence-corrected chi connectivity index (χ4v) is 9.15. The Morgan fingerprint density at radius 2 is 0.935 bits per heavy atom. The van der Waals surface area contributed by atoms with Crippen LogP contribution in [0.2, 0.25) is 0 Å². The highest BCUT2D eigenvalue weighted by atomic mass is 32.3. The Morgan fingerprint density at radius 1 is 0.581 bits per heavy atom. The molecule has 0 spiro atoms. The van der Waals surface area contributed by atoms with E-state index in [2.05, 4.69) is 23.3 Å². The molecular formula is C49H97NO11S. The summed E-state index contributed by atoms with van der Waals surface area (Å²) in [6, 6.07) is -0.851. The van der Waals surface area contributed by atoms with Gasteiger partial charge >= 0.3 is 10.4 Å². The van der Waals surface area contributed by atoms with Crippen LogP contribution in [0.25, 0.3) is 0 Å². The fourth-order valence-electron chi connectivity index (χ4n) is 8.64. The van der Waals surface area contributed by atoms with Crippen molar-refractivity contribution in [1.82, 2.24) is 5.32 Å². The highest BCUT2D eigenvalue weighted by Gasteiger charge is 2.48. The molecule has 0 bridgehead atoms. The van der Waals surface area contributed by atoms with E-state index in [1.807, 2.05) is 0 Å². The smallest absolute Gasteiger partial charge is 0.394 e. The third kappa shape index (κ3) is 32.7. The van der Waals surface area contributed by atoms with Gasteiger partial charge in [0.2, 0.25) is 5.91 Å². The molecule has 6 N–H and O–H groups in total. The first kappa shape index (κ1) is 59.1. The van der Waals surface area contributed by atoms with Crippen LogP contribution in [-0.4, -0.2) is 95.4 Å². The van der Waals surface area contributed by atoms with Crippen LogP contribution in [0.4, 0.5) is 0 Å². The monoisotopic (exact) mass is 908 g/mol. The summed E-state index contributed by atoms with van der Waals surface area (Å²) in [4.78, 5) is 13.1. The van der Waals surface area contributed by atoms with Crippen LogP contribution >= 0.6 is 0 Å². The maximum atomic E-state index is 13.1. The van der Waals surface area contributed by atoms with Gasteiger partial charge in [-0.25, -0.2) is 4.18 Å². The maximum Gasteiger partial charge on any atom is 0.397 e. The van der Waals surface area contributed by atoms with Crippen molar-refractivity contribution in [2.45, 2.75) is 294 Å². The van der Waals surface area contributed by atoms with Crippen molar-refractivity contribution in [3.8, 4) is 0 Å². The SMILES string of the molecule is CCCCCCCCCCCCCCCCCCCCCCCC(O)C(COC1OC(CO)C(O)C(OS(=O)(=O)O)C1O)NC(=O)CCCCCCCCCCCCCCCC. The third-order valence-electron chi connectivity index (χ3n) is 12.7. The van der Waals surface area contributed by atoms with Crippen LogP contribution in [0.1, 0.15) is 251 Å². The van der Waals surface area contributed by atoms with Crippen molar-refractivity contribution in [3.05, 3.63) is 0 Å². The van der Waals surface area contributed by atoms with Crippen LogP contribution in [0.15, 0.2) is 0 Å². The van der Waals surface area contributed by atoms with E-state index in [0.29, 0.717) is 12.8 Å². The molecule has 0 radical (unpaired) electrons. The molecule has 7 unspecified atom stereocenters. The van der Waals surface area contributed by atoms with Gasteiger partial charge in [-0.15, -0.1) is 0 Å².